The van der Waals surface area contributed by atoms with Gasteiger partial charge in [0.1, 0.15) is 0 Å². The molecule has 0 aromatic rings. The molecule has 0 saturated carbocycles. The molecule has 0 radical (unpaired) electrons. The predicted molar refractivity (Wildman–Crippen MR) is 67.5 cm³/mol. The van der Waals surface area contributed by atoms with Crippen molar-refractivity contribution in [3.8, 4) is 0 Å². The monoisotopic (exact) mass is 208 g/mol. The van der Waals surface area contributed by atoms with Crippen LogP contribution < -0.4 is 0 Å². The third kappa shape index (κ3) is 4.19. The molecule has 1 aliphatic carbocycles. The van der Waals surface area contributed by atoms with E-state index in [0.29, 0.717) is 0 Å². The average Bonchev–Trinajstić information content (AvgIpc) is 2.28. The first-order valence-corrected chi connectivity index (χ1v) is 6.34. The highest BCUT2D eigenvalue weighted by Gasteiger charge is 2.10. The van der Waals surface area contributed by atoms with E-state index in [1.165, 1.54) is 23.5 Å². The molecule has 0 aliphatic heterocycles. The quantitative estimate of drug-likeness (QED) is 0.610. The minimum atomic E-state index is 0.212. The third-order valence-corrected chi connectivity index (χ3v) is 3.33. The van der Waals surface area contributed by atoms with Gasteiger partial charge in [0, 0.05) is 10.3 Å². The minimum Gasteiger partial charge on any atom is -0.126 e. The number of allylic oxidation sites excluding steroid dienone is 5. The predicted octanol–water partition coefficient (Wildman–Crippen LogP) is 4.56. The summed E-state index contributed by atoms with van der Waals surface area (Å²) in [7, 11) is 0. The summed E-state index contributed by atoms with van der Waals surface area (Å²) in [5.74, 6) is 1.24. The molecule has 0 amide bonds. The first-order chi connectivity index (χ1) is 6.64. The van der Waals surface area contributed by atoms with E-state index in [-0.39, 0.29) is 5.41 Å². The largest absolute Gasteiger partial charge is 0.126 e. The van der Waals surface area contributed by atoms with Gasteiger partial charge >= 0.3 is 0 Å². The summed E-state index contributed by atoms with van der Waals surface area (Å²) in [4.78, 5) is 1.39. The molecule has 1 aliphatic rings. The molecule has 0 unspecified atom stereocenters. The summed E-state index contributed by atoms with van der Waals surface area (Å²) in [6.45, 7) is 6.70. The Hall–Kier alpha value is -0.430. The summed E-state index contributed by atoms with van der Waals surface area (Å²) in [5, 5.41) is 0. The van der Waals surface area contributed by atoms with E-state index in [1.807, 2.05) is 11.8 Å². The van der Waals surface area contributed by atoms with Gasteiger partial charge in [-0.05, 0) is 18.2 Å². The maximum absolute atomic E-state index is 2.28. The second-order valence-electron chi connectivity index (χ2n) is 4.28. The van der Waals surface area contributed by atoms with Crippen LogP contribution in [0.25, 0.3) is 0 Å². The van der Waals surface area contributed by atoms with Gasteiger partial charge in [-0.25, -0.2) is 0 Å². The smallest absolute Gasteiger partial charge is 0.00689 e. The van der Waals surface area contributed by atoms with Crippen molar-refractivity contribution in [1.82, 2.24) is 0 Å². The molecule has 0 heterocycles. The van der Waals surface area contributed by atoms with Crippen LogP contribution in [0.1, 0.15) is 33.6 Å². The second-order valence-corrected chi connectivity index (χ2v) is 5.45. The Labute approximate surface area is 92.2 Å². The van der Waals surface area contributed by atoms with E-state index in [2.05, 4.69) is 51.2 Å². The van der Waals surface area contributed by atoms with Crippen LogP contribution in [0.2, 0.25) is 0 Å². The molecule has 14 heavy (non-hydrogen) atoms. The van der Waals surface area contributed by atoms with Gasteiger partial charge in [-0.3, -0.25) is 0 Å². The highest BCUT2D eigenvalue weighted by atomic mass is 32.2. The zero-order chi connectivity index (χ0) is 10.4. The Morgan fingerprint density at radius 3 is 2.79 bits per heavy atom. The molecule has 0 saturated heterocycles. The zero-order valence-corrected chi connectivity index (χ0v) is 10.2. The van der Waals surface area contributed by atoms with Crippen LogP contribution in [0, 0.1) is 5.41 Å². The Morgan fingerprint density at radius 1 is 1.29 bits per heavy atom. The van der Waals surface area contributed by atoms with E-state index >= 15 is 0 Å². The van der Waals surface area contributed by atoms with Gasteiger partial charge in [0.25, 0.3) is 0 Å². The number of hydrogen-bond donors (Lipinski definition) is 0. The zero-order valence-electron chi connectivity index (χ0n) is 9.42. The lowest BCUT2D eigenvalue weighted by molar-refractivity contribution is 0.627. The molecule has 0 fully saturated rings. The standard InChI is InChI=1S/C13H20S/c1-4-5-11-14-12-7-6-9-13(2,3)10-8-12/h6-10H,4-5,11H2,1-3H3. The Morgan fingerprint density at radius 2 is 2.07 bits per heavy atom. The summed E-state index contributed by atoms with van der Waals surface area (Å²) in [6, 6.07) is 0. The SMILES string of the molecule is CCCCSC1=CC=CC(C)(C)C=C1. The molecular formula is C13H20S. The van der Waals surface area contributed by atoms with Crippen molar-refractivity contribution in [3.63, 3.8) is 0 Å². The second kappa shape index (κ2) is 5.45. The molecule has 0 aromatic carbocycles. The van der Waals surface area contributed by atoms with Crippen LogP contribution in [0.4, 0.5) is 0 Å². The van der Waals surface area contributed by atoms with E-state index in [0.717, 1.165) is 0 Å². The maximum Gasteiger partial charge on any atom is 0.00689 e. The summed E-state index contributed by atoms with van der Waals surface area (Å²) in [6.07, 6.45) is 13.8. The van der Waals surface area contributed by atoms with Crippen LogP contribution in [-0.2, 0) is 0 Å². The topological polar surface area (TPSA) is 0 Å². The van der Waals surface area contributed by atoms with Crippen molar-refractivity contribution in [3.05, 3.63) is 35.3 Å². The van der Waals surface area contributed by atoms with Gasteiger partial charge in [-0.2, -0.15) is 0 Å². The normalized spacial score (nSPS) is 19.2. The average molecular weight is 208 g/mol. The summed E-state index contributed by atoms with van der Waals surface area (Å²) in [5.41, 5.74) is 0.212. The highest BCUT2D eigenvalue weighted by molar-refractivity contribution is 8.03. The van der Waals surface area contributed by atoms with Gasteiger partial charge in [0.2, 0.25) is 0 Å². The summed E-state index contributed by atoms with van der Waals surface area (Å²) < 4.78 is 0. The first kappa shape index (κ1) is 11.6. The molecule has 0 atom stereocenters. The Balaban J connectivity index is 2.48. The molecule has 0 N–H and O–H groups in total. The Bertz CT molecular complexity index is 256. The Kier molecular flexibility index (Phi) is 4.53. The van der Waals surface area contributed by atoms with Crippen molar-refractivity contribution in [2.45, 2.75) is 33.6 Å². The number of hydrogen-bond acceptors (Lipinski definition) is 1. The van der Waals surface area contributed by atoms with Gasteiger partial charge < -0.3 is 0 Å². The van der Waals surface area contributed by atoms with Crippen LogP contribution in [0.3, 0.4) is 0 Å². The van der Waals surface area contributed by atoms with E-state index < -0.39 is 0 Å². The fourth-order valence-electron chi connectivity index (χ4n) is 1.23. The minimum absolute atomic E-state index is 0.212. The fourth-order valence-corrected chi connectivity index (χ4v) is 2.24. The van der Waals surface area contributed by atoms with Crippen molar-refractivity contribution in [1.29, 1.82) is 0 Å². The van der Waals surface area contributed by atoms with E-state index in [1.54, 1.807) is 0 Å². The van der Waals surface area contributed by atoms with Gasteiger partial charge in [-0.1, -0.05) is 51.5 Å². The van der Waals surface area contributed by atoms with E-state index in [9.17, 15) is 0 Å². The van der Waals surface area contributed by atoms with Crippen LogP contribution in [0.15, 0.2) is 35.3 Å². The molecular weight excluding hydrogens is 188 g/mol. The van der Waals surface area contributed by atoms with Crippen LogP contribution in [-0.4, -0.2) is 5.75 Å². The van der Waals surface area contributed by atoms with Crippen molar-refractivity contribution < 1.29 is 0 Å². The van der Waals surface area contributed by atoms with Crippen molar-refractivity contribution in [2.75, 3.05) is 5.75 Å². The van der Waals surface area contributed by atoms with Crippen molar-refractivity contribution in [2.24, 2.45) is 5.41 Å². The van der Waals surface area contributed by atoms with Crippen LogP contribution >= 0.6 is 11.8 Å². The molecule has 1 heteroatoms. The van der Waals surface area contributed by atoms with Crippen molar-refractivity contribution >= 4 is 11.8 Å². The van der Waals surface area contributed by atoms with Crippen LogP contribution in [0.5, 0.6) is 0 Å². The first-order valence-electron chi connectivity index (χ1n) is 5.35. The highest BCUT2D eigenvalue weighted by Crippen LogP contribution is 2.27. The molecule has 0 spiro atoms. The maximum atomic E-state index is 2.28. The lowest BCUT2D eigenvalue weighted by Crippen LogP contribution is -2.00. The summed E-state index contributed by atoms with van der Waals surface area (Å²) >= 11 is 1.96. The molecule has 1 rings (SSSR count). The third-order valence-electron chi connectivity index (χ3n) is 2.23. The van der Waals surface area contributed by atoms with Gasteiger partial charge in [-0.15, -0.1) is 11.8 Å². The number of thioether (sulfide) groups is 1. The van der Waals surface area contributed by atoms with Gasteiger partial charge in [0.15, 0.2) is 0 Å². The number of rotatable bonds is 4. The lowest BCUT2D eigenvalue weighted by Gasteiger charge is -2.12. The van der Waals surface area contributed by atoms with E-state index in [4.69, 9.17) is 0 Å². The van der Waals surface area contributed by atoms with Gasteiger partial charge in [0.05, 0.1) is 0 Å². The fraction of sp³-hybridized carbons (Fsp3) is 0.538. The molecule has 0 aromatic heterocycles. The molecule has 0 nitrogen and oxygen atoms in total. The molecule has 0 bridgehead atoms. The number of unbranched alkanes of at least 4 members (excludes halogenated alkanes) is 1. The lowest BCUT2D eigenvalue weighted by atomic mass is 9.93. The molecule has 78 valence electrons.